The van der Waals surface area contributed by atoms with E-state index in [1.54, 1.807) is 19.2 Å². The van der Waals surface area contributed by atoms with E-state index in [0.717, 1.165) is 34.7 Å². The van der Waals surface area contributed by atoms with Crippen LogP contribution < -0.4 is 20.1 Å². The second kappa shape index (κ2) is 8.29. The monoisotopic (exact) mass is 414 g/mol. The van der Waals surface area contributed by atoms with E-state index in [1.165, 1.54) is 7.11 Å². The fourth-order valence-corrected chi connectivity index (χ4v) is 3.76. The maximum atomic E-state index is 11.9. The van der Waals surface area contributed by atoms with E-state index in [0.29, 0.717) is 10.7 Å². The lowest BCUT2D eigenvalue weighted by atomic mass is 9.89. The van der Waals surface area contributed by atoms with Gasteiger partial charge in [-0.25, -0.2) is 4.79 Å². The van der Waals surface area contributed by atoms with Crippen LogP contribution in [-0.4, -0.2) is 30.9 Å². The zero-order valence-corrected chi connectivity index (χ0v) is 18.1. The molecule has 29 heavy (non-hydrogen) atoms. The molecule has 2 aromatic rings. The molecule has 1 unspecified atom stereocenters. The molecule has 0 spiro atoms. The van der Waals surface area contributed by atoms with Crippen LogP contribution in [0.3, 0.4) is 0 Å². The largest absolute Gasteiger partial charge is 0.497 e. The number of methoxy groups -OCH3 is 2. The lowest BCUT2D eigenvalue weighted by Crippen LogP contribution is -2.42. The second-order valence-corrected chi connectivity index (χ2v) is 8.00. The molecule has 6 nitrogen and oxygen atoms in total. The molecule has 2 aromatic carbocycles. The average Bonchev–Trinajstić information content (AvgIpc) is 2.67. The number of carbonyl (C=O) groups is 1. The van der Waals surface area contributed by atoms with E-state index >= 15 is 0 Å². The van der Waals surface area contributed by atoms with E-state index in [2.05, 4.69) is 10.6 Å². The minimum absolute atomic E-state index is 0.0243. The molecule has 0 bridgehead atoms. The van der Waals surface area contributed by atoms with Crippen molar-refractivity contribution in [1.29, 1.82) is 0 Å². The summed E-state index contributed by atoms with van der Waals surface area (Å²) in [6.07, 6.45) is 0.745. The van der Waals surface area contributed by atoms with E-state index in [4.69, 9.17) is 26.4 Å². The van der Waals surface area contributed by atoms with Gasteiger partial charge in [0.15, 0.2) is 5.11 Å². The fraction of sp³-hybridized carbons (Fsp3) is 0.364. The quantitative estimate of drug-likeness (QED) is 0.568. The van der Waals surface area contributed by atoms with Crippen LogP contribution in [0.5, 0.6) is 11.5 Å². The molecular formula is C22H26N2O4S. The van der Waals surface area contributed by atoms with Crippen LogP contribution in [-0.2, 0) is 4.74 Å². The van der Waals surface area contributed by atoms with Crippen LogP contribution in [0.25, 0.3) is 0 Å². The number of anilines is 1. The number of fused-ring (bicyclic) bond motifs is 1. The van der Waals surface area contributed by atoms with Gasteiger partial charge in [0, 0.05) is 23.7 Å². The van der Waals surface area contributed by atoms with E-state index in [9.17, 15) is 4.79 Å². The Morgan fingerprint density at radius 2 is 2.00 bits per heavy atom. The summed E-state index contributed by atoms with van der Waals surface area (Å²) in [5.74, 6) is 1.15. The van der Waals surface area contributed by atoms with Crippen molar-refractivity contribution in [3.8, 4) is 11.5 Å². The minimum Gasteiger partial charge on any atom is -0.497 e. The van der Waals surface area contributed by atoms with Crippen molar-refractivity contribution in [1.82, 2.24) is 5.32 Å². The maximum Gasteiger partial charge on any atom is 0.338 e. The number of thiocarbonyl (C=S) groups is 1. The smallest absolute Gasteiger partial charge is 0.338 e. The van der Waals surface area contributed by atoms with E-state index in [-0.39, 0.29) is 17.6 Å². The Labute approximate surface area is 176 Å². The molecule has 1 atom stereocenters. The van der Waals surface area contributed by atoms with Gasteiger partial charge in [0.1, 0.15) is 17.1 Å². The molecule has 1 heterocycles. The van der Waals surface area contributed by atoms with Crippen molar-refractivity contribution in [2.24, 2.45) is 0 Å². The number of ether oxygens (including phenoxy) is 3. The normalized spacial score (nSPS) is 16.8. The summed E-state index contributed by atoms with van der Waals surface area (Å²) in [4.78, 5) is 11.9. The molecule has 0 amide bonds. The number of benzene rings is 2. The number of hydrogen-bond acceptors (Lipinski definition) is 5. The summed E-state index contributed by atoms with van der Waals surface area (Å²) in [7, 11) is 3.00. The first kappa shape index (κ1) is 20.9. The lowest BCUT2D eigenvalue weighted by molar-refractivity contribution is 0.0599. The van der Waals surface area contributed by atoms with Crippen molar-refractivity contribution >= 4 is 29.0 Å². The van der Waals surface area contributed by atoms with Gasteiger partial charge in [0.05, 0.1) is 25.8 Å². The lowest BCUT2D eigenvalue weighted by Gasteiger charge is -2.38. The summed E-state index contributed by atoms with van der Waals surface area (Å²) < 4.78 is 16.3. The number of carbonyl (C=O) groups excluding carboxylic acids is 1. The molecule has 0 aromatic heterocycles. The van der Waals surface area contributed by atoms with Crippen LogP contribution >= 0.6 is 12.2 Å². The van der Waals surface area contributed by atoms with Gasteiger partial charge in [-0.15, -0.1) is 0 Å². The highest BCUT2D eigenvalue weighted by Gasteiger charge is 2.34. The topological polar surface area (TPSA) is 68.8 Å². The van der Waals surface area contributed by atoms with Gasteiger partial charge in [0.2, 0.25) is 0 Å². The first-order valence-electron chi connectivity index (χ1n) is 9.36. The Hall–Kier alpha value is -2.80. The van der Waals surface area contributed by atoms with Gasteiger partial charge < -0.3 is 24.8 Å². The summed E-state index contributed by atoms with van der Waals surface area (Å²) in [5.41, 5.74) is 2.71. The average molecular weight is 415 g/mol. The van der Waals surface area contributed by atoms with Crippen LogP contribution in [0.4, 0.5) is 5.69 Å². The van der Waals surface area contributed by atoms with Crippen molar-refractivity contribution in [2.45, 2.75) is 38.8 Å². The van der Waals surface area contributed by atoms with Gasteiger partial charge in [0.25, 0.3) is 0 Å². The van der Waals surface area contributed by atoms with Gasteiger partial charge in [-0.2, -0.15) is 0 Å². The molecular weight excluding hydrogens is 388 g/mol. The predicted octanol–water partition coefficient (Wildman–Crippen LogP) is 4.38. The van der Waals surface area contributed by atoms with Gasteiger partial charge in [-0.1, -0.05) is 6.07 Å². The Morgan fingerprint density at radius 1 is 1.24 bits per heavy atom. The van der Waals surface area contributed by atoms with Gasteiger partial charge >= 0.3 is 5.97 Å². The fourth-order valence-electron chi connectivity index (χ4n) is 3.51. The number of esters is 1. The highest BCUT2D eigenvalue weighted by molar-refractivity contribution is 7.80. The molecule has 154 valence electrons. The number of rotatable bonds is 4. The summed E-state index contributed by atoms with van der Waals surface area (Å²) in [5, 5.41) is 7.07. The number of nitrogens with one attached hydrogen (secondary N) is 2. The maximum absolute atomic E-state index is 11.9. The summed E-state index contributed by atoms with van der Waals surface area (Å²) >= 11 is 5.56. The first-order chi connectivity index (χ1) is 13.7. The molecule has 7 heteroatoms. The first-order valence-corrected chi connectivity index (χ1v) is 9.77. The summed E-state index contributed by atoms with van der Waals surface area (Å²) in [6.45, 7) is 5.95. The Kier molecular flexibility index (Phi) is 5.98. The van der Waals surface area contributed by atoms with Gasteiger partial charge in [-0.05, 0) is 62.8 Å². The Balaban J connectivity index is 1.80. The molecule has 1 aliphatic heterocycles. The van der Waals surface area contributed by atoms with Crippen molar-refractivity contribution in [3.63, 3.8) is 0 Å². The zero-order valence-electron chi connectivity index (χ0n) is 17.3. The van der Waals surface area contributed by atoms with E-state index in [1.807, 2.05) is 45.0 Å². The molecule has 0 saturated heterocycles. The molecule has 1 aliphatic rings. The molecule has 0 saturated carbocycles. The molecule has 2 N–H and O–H groups in total. The number of hydrogen-bond donors (Lipinski definition) is 2. The Bertz CT molecular complexity index is 942. The third-order valence-electron chi connectivity index (χ3n) is 4.97. The van der Waals surface area contributed by atoms with E-state index < -0.39 is 0 Å². The van der Waals surface area contributed by atoms with Crippen LogP contribution in [0.15, 0.2) is 36.4 Å². The van der Waals surface area contributed by atoms with Crippen LogP contribution in [0.2, 0.25) is 0 Å². The highest BCUT2D eigenvalue weighted by Crippen LogP contribution is 2.41. The molecule has 0 radical (unpaired) electrons. The van der Waals surface area contributed by atoms with Crippen LogP contribution in [0.1, 0.15) is 47.8 Å². The SMILES string of the molecule is COC(=O)c1cccc(NC(=S)NC2CC(C)(C)Oc3cc(OC)ccc32)c1C. The predicted molar refractivity (Wildman–Crippen MR) is 117 cm³/mol. The van der Waals surface area contributed by atoms with Crippen molar-refractivity contribution in [2.75, 3.05) is 19.5 Å². The third kappa shape index (κ3) is 4.62. The highest BCUT2D eigenvalue weighted by atomic mass is 32.1. The Morgan fingerprint density at radius 3 is 2.69 bits per heavy atom. The molecule has 0 fully saturated rings. The standard InChI is InChI=1S/C22H26N2O4S/c1-13-15(20(25)27-5)7-6-8-17(13)23-21(29)24-18-12-22(2,3)28-19-11-14(26-4)9-10-16(18)19/h6-11,18H,12H2,1-5H3,(H2,23,24,29). The molecule has 0 aliphatic carbocycles. The van der Waals surface area contributed by atoms with Crippen LogP contribution in [0, 0.1) is 6.92 Å². The second-order valence-electron chi connectivity index (χ2n) is 7.59. The third-order valence-corrected chi connectivity index (χ3v) is 5.19. The van der Waals surface area contributed by atoms with Crippen molar-refractivity contribution in [3.05, 3.63) is 53.1 Å². The summed E-state index contributed by atoms with van der Waals surface area (Å²) in [6, 6.07) is 11.2. The van der Waals surface area contributed by atoms with Gasteiger partial charge in [-0.3, -0.25) is 0 Å². The zero-order chi connectivity index (χ0) is 21.2. The minimum atomic E-state index is -0.376. The van der Waals surface area contributed by atoms with Crippen molar-refractivity contribution < 1.29 is 19.0 Å². The molecule has 3 rings (SSSR count).